The smallest absolute Gasteiger partial charge is 0.250 e. The Morgan fingerprint density at radius 2 is 1.76 bits per heavy atom. The van der Waals surface area contributed by atoms with Crippen LogP contribution < -0.4 is 4.90 Å². The first-order valence-electron chi connectivity index (χ1n) is 13.3. The Bertz CT molecular complexity index is 1300. The van der Waals surface area contributed by atoms with E-state index in [1.54, 1.807) is 17.0 Å². The first kappa shape index (κ1) is 24.3. The summed E-state index contributed by atoms with van der Waals surface area (Å²) in [5.41, 5.74) is 2.98. The number of piperidine rings is 1. The van der Waals surface area contributed by atoms with E-state index in [4.69, 9.17) is 0 Å². The average Bonchev–Trinajstić information content (AvgIpc) is 3.38. The predicted octanol–water partition coefficient (Wildman–Crippen LogP) is 3.64. The molecule has 0 bridgehead atoms. The van der Waals surface area contributed by atoms with Gasteiger partial charge in [-0.05, 0) is 79.5 Å². The maximum atomic E-state index is 14.0. The van der Waals surface area contributed by atoms with Gasteiger partial charge in [0.2, 0.25) is 5.91 Å². The standard InChI is InChI=1S/C30H35FN4O2/c1-32(2)18-25(36)19-34-20-35(24-11-9-23(31)10-12-24)30(29(34)37)13-15-33(16-14-30)27-17-22-7-3-5-21-6-4-8-26(27)28(21)22/h3-12,25,27,36H,13-20H2,1-2H3/t25-,27?/m1/s1. The summed E-state index contributed by atoms with van der Waals surface area (Å²) in [4.78, 5) is 22.4. The average molecular weight is 503 g/mol. The third-order valence-corrected chi connectivity index (χ3v) is 8.52. The fourth-order valence-electron chi connectivity index (χ4n) is 6.84. The second-order valence-corrected chi connectivity index (χ2v) is 11.1. The van der Waals surface area contributed by atoms with Crippen molar-refractivity contribution in [2.45, 2.75) is 36.9 Å². The number of aliphatic hydroxyl groups is 1. The summed E-state index contributed by atoms with van der Waals surface area (Å²) < 4.78 is 13.7. The van der Waals surface area contributed by atoms with Crippen LogP contribution in [0.15, 0.2) is 60.7 Å². The van der Waals surface area contributed by atoms with Gasteiger partial charge in [-0.2, -0.15) is 0 Å². The summed E-state index contributed by atoms with van der Waals surface area (Å²) in [5.74, 6) is -0.211. The van der Waals surface area contributed by atoms with Crippen molar-refractivity contribution in [2.75, 3.05) is 51.8 Å². The van der Waals surface area contributed by atoms with Gasteiger partial charge in [-0.1, -0.05) is 36.4 Å². The van der Waals surface area contributed by atoms with Crippen LogP contribution in [0.1, 0.15) is 30.0 Å². The van der Waals surface area contributed by atoms with E-state index in [1.165, 1.54) is 34.0 Å². The highest BCUT2D eigenvalue weighted by Gasteiger charge is 2.54. The van der Waals surface area contributed by atoms with Gasteiger partial charge < -0.3 is 19.8 Å². The zero-order valence-electron chi connectivity index (χ0n) is 21.6. The number of halogens is 1. The molecule has 6 rings (SSSR count). The molecule has 2 heterocycles. The van der Waals surface area contributed by atoms with Crippen molar-refractivity contribution in [1.29, 1.82) is 0 Å². The molecule has 1 N–H and O–H groups in total. The lowest BCUT2D eigenvalue weighted by molar-refractivity contribution is -0.135. The van der Waals surface area contributed by atoms with Crippen LogP contribution in [0.3, 0.4) is 0 Å². The number of benzene rings is 3. The van der Waals surface area contributed by atoms with Gasteiger partial charge in [0.05, 0.1) is 12.8 Å². The third kappa shape index (κ3) is 4.19. The van der Waals surface area contributed by atoms with Crippen molar-refractivity contribution in [1.82, 2.24) is 14.7 Å². The van der Waals surface area contributed by atoms with Crippen molar-refractivity contribution < 1.29 is 14.3 Å². The van der Waals surface area contributed by atoms with Crippen LogP contribution in [-0.2, 0) is 11.2 Å². The second-order valence-electron chi connectivity index (χ2n) is 11.1. The van der Waals surface area contributed by atoms with Crippen LogP contribution >= 0.6 is 0 Å². The Morgan fingerprint density at radius 1 is 1.05 bits per heavy atom. The van der Waals surface area contributed by atoms with Crippen LogP contribution in [0.25, 0.3) is 10.8 Å². The van der Waals surface area contributed by atoms with Gasteiger partial charge in [-0.15, -0.1) is 0 Å². The number of carbonyl (C=O) groups excluding carboxylic acids is 1. The molecule has 0 radical (unpaired) electrons. The number of rotatable bonds is 6. The second kappa shape index (κ2) is 9.39. The molecule has 2 aliphatic heterocycles. The number of hydrogen-bond acceptors (Lipinski definition) is 5. The molecular formula is C30H35FN4O2. The summed E-state index contributed by atoms with van der Waals surface area (Å²) in [6.45, 7) is 2.82. The topological polar surface area (TPSA) is 50.3 Å². The Balaban J connectivity index is 1.25. The van der Waals surface area contributed by atoms with Gasteiger partial charge in [-0.3, -0.25) is 9.69 Å². The zero-order valence-corrected chi connectivity index (χ0v) is 21.6. The van der Waals surface area contributed by atoms with Crippen molar-refractivity contribution in [2.24, 2.45) is 0 Å². The zero-order chi connectivity index (χ0) is 25.7. The number of amides is 1. The van der Waals surface area contributed by atoms with Crippen molar-refractivity contribution >= 4 is 22.4 Å². The lowest BCUT2D eigenvalue weighted by Gasteiger charge is -2.45. The van der Waals surface area contributed by atoms with E-state index in [1.807, 2.05) is 19.0 Å². The molecule has 2 atom stereocenters. The van der Waals surface area contributed by atoms with E-state index in [2.05, 4.69) is 46.2 Å². The fraction of sp³-hybridized carbons (Fsp3) is 0.433. The van der Waals surface area contributed by atoms with Crippen molar-refractivity contribution in [3.63, 3.8) is 0 Å². The van der Waals surface area contributed by atoms with Crippen LogP contribution in [-0.4, -0.2) is 84.3 Å². The molecule has 2 saturated heterocycles. The van der Waals surface area contributed by atoms with Crippen LogP contribution in [0.2, 0.25) is 0 Å². The first-order valence-corrected chi connectivity index (χ1v) is 13.3. The van der Waals surface area contributed by atoms with Crippen LogP contribution in [0.4, 0.5) is 10.1 Å². The molecule has 1 unspecified atom stereocenters. The normalized spacial score (nSPS) is 22.1. The Kier molecular flexibility index (Phi) is 6.18. The van der Waals surface area contributed by atoms with Crippen LogP contribution in [0, 0.1) is 5.82 Å². The molecule has 0 aromatic heterocycles. The van der Waals surface area contributed by atoms with E-state index < -0.39 is 11.6 Å². The molecular weight excluding hydrogens is 467 g/mol. The lowest BCUT2D eigenvalue weighted by atomic mass is 9.84. The summed E-state index contributed by atoms with van der Waals surface area (Å²) in [6, 6.07) is 20.0. The van der Waals surface area contributed by atoms with Crippen molar-refractivity contribution in [3.05, 3.63) is 77.6 Å². The summed E-state index contributed by atoms with van der Waals surface area (Å²) >= 11 is 0. The van der Waals surface area contributed by atoms with E-state index in [9.17, 15) is 14.3 Å². The number of likely N-dealkylation sites (tertiary alicyclic amines) is 1. The maximum Gasteiger partial charge on any atom is 0.250 e. The van der Waals surface area contributed by atoms with Crippen molar-refractivity contribution in [3.8, 4) is 0 Å². The van der Waals surface area contributed by atoms with Crippen LogP contribution in [0.5, 0.6) is 0 Å². The third-order valence-electron chi connectivity index (χ3n) is 8.52. The number of β-amino-alcohol motifs (C(OH)–C–C–N with tert-alkyl or cyclic N) is 1. The number of likely N-dealkylation sites (N-methyl/N-ethyl adjacent to an activating group) is 1. The molecule has 0 saturated carbocycles. The Hall–Kier alpha value is -3.00. The maximum absolute atomic E-state index is 14.0. The molecule has 194 valence electrons. The summed E-state index contributed by atoms with van der Waals surface area (Å²) in [7, 11) is 3.83. The molecule has 1 spiro atoms. The molecule has 37 heavy (non-hydrogen) atoms. The number of nitrogens with zero attached hydrogens (tertiary/aromatic N) is 4. The minimum absolute atomic E-state index is 0.0751. The molecule has 7 heteroatoms. The Morgan fingerprint density at radius 3 is 2.46 bits per heavy atom. The largest absolute Gasteiger partial charge is 0.390 e. The number of hydrogen-bond donors (Lipinski definition) is 1. The number of anilines is 1. The molecule has 3 aromatic rings. The Labute approximate surface area is 217 Å². The minimum Gasteiger partial charge on any atom is -0.390 e. The van der Waals surface area contributed by atoms with E-state index in [-0.39, 0.29) is 11.7 Å². The van der Waals surface area contributed by atoms with E-state index in [0.29, 0.717) is 38.6 Å². The minimum atomic E-state index is -0.677. The van der Waals surface area contributed by atoms with E-state index in [0.717, 1.165) is 25.2 Å². The van der Waals surface area contributed by atoms with Gasteiger partial charge in [0.1, 0.15) is 11.4 Å². The number of aliphatic hydroxyl groups excluding tert-OH is 1. The van der Waals surface area contributed by atoms with Gasteiger partial charge >= 0.3 is 0 Å². The molecule has 6 nitrogen and oxygen atoms in total. The highest BCUT2D eigenvalue weighted by Crippen LogP contribution is 2.45. The van der Waals surface area contributed by atoms with Gasteiger partial charge in [0, 0.05) is 37.9 Å². The SMILES string of the molecule is CN(C)C[C@@H](O)CN1CN(c2ccc(F)cc2)C2(CCN(C3Cc4cccc5cccc3c45)CC2)C1=O. The molecule has 3 aromatic carbocycles. The fourth-order valence-corrected chi connectivity index (χ4v) is 6.84. The highest BCUT2D eigenvalue weighted by molar-refractivity contribution is 5.94. The molecule has 1 aliphatic carbocycles. The molecule has 3 aliphatic rings. The van der Waals surface area contributed by atoms with Gasteiger partial charge in [0.25, 0.3) is 0 Å². The van der Waals surface area contributed by atoms with Gasteiger partial charge in [-0.25, -0.2) is 4.39 Å². The quantitative estimate of drug-likeness (QED) is 0.558. The predicted molar refractivity (Wildman–Crippen MR) is 144 cm³/mol. The molecule has 1 amide bonds. The summed E-state index contributed by atoms with van der Waals surface area (Å²) in [5, 5.41) is 13.3. The van der Waals surface area contributed by atoms with Gasteiger partial charge in [0.15, 0.2) is 0 Å². The summed E-state index contributed by atoms with van der Waals surface area (Å²) in [6.07, 6.45) is 1.78. The molecule has 2 fully saturated rings. The van der Waals surface area contributed by atoms with E-state index >= 15 is 0 Å². The number of carbonyl (C=O) groups is 1. The monoisotopic (exact) mass is 502 g/mol. The highest BCUT2D eigenvalue weighted by atomic mass is 19.1. The first-order chi connectivity index (χ1) is 17.9. The lowest BCUT2D eigenvalue weighted by Crippen LogP contribution is -2.57.